The zero-order valence-corrected chi connectivity index (χ0v) is 17.8. The zero-order valence-electron chi connectivity index (χ0n) is 16.9. The lowest BCUT2D eigenvalue weighted by Crippen LogP contribution is -2.06. The van der Waals surface area contributed by atoms with Crippen LogP contribution in [0.2, 0.25) is 0 Å². The molecule has 1 heterocycles. The Morgan fingerprint density at radius 1 is 1.03 bits per heavy atom. The summed E-state index contributed by atoms with van der Waals surface area (Å²) in [6.07, 6.45) is 0. The van der Waals surface area contributed by atoms with E-state index < -0.39 is 7.82 Å². The van der Waals surface area contributed by atoms with E-state index in [1.54, 1.807) is 39.0 Å². The van der Waals surface area contributed by atoms with Gasteiger partial charge in [-0.05, 0) is 45.0 Å². The normalized spacial score (nSPS) is 12.0. The smallest absolute Gasteiger partial charge is 0.403 e. The molecule has 3 rings (SSSR count). The average Bonchev–Trinajstić information content (AvgIpc) is 3.22. The molecule has 1 aromatic heterocycles. The number of anilines is 1. The van der Waals surface area contributed by atoms with Crippen LogP contribution in [0.25, 0.3) is 11.5 Å². The Labute approximate surface area is 174 Å². The van der Waals surface area contributed by atoms with E-state index in [0.29, 0.717) is 22.9 Å². The molecule has 0 saturated carbocycles. The molecule has 0 spiro atoms. The van der Waals surface area contributed by atoms with E-state index >= 15 is 0 Å². The Hall–Kier alpha value is -3.00. The van der Waals surface area contributed by atoms with E-state index in [4.69, 9.17) is 18.0 Å². The minimum Gasteiger partial charge on any atom is -0.403 e. The standard InChI is InChI=1S/C20H23N4O5P/c1-4-26-30(25,27-5-2)29-18-14-10-9-13-17(18)15(3)21-23-20-24-22-19(28-20)16-11-7-6-8-12-16/h6-14H,4-5H2,1-3H3,(H,23,24)/b21-15-. The van der Waals surface area contributed by atoms with E-state index in [9.17, 15) is 4.57 Å². The van der Waals surface area contributed by atoms with Crippen molar-refractivity contribution in [2.45, 2.75) is 20.8 Å². The van der Waals surface area contributed by atoms with Gasteiger partial charge in [0.25, 0.3) is 0 Å². The molecule has 0 bridgehead atoms. The van der Waals surface area contributed by atoms with Gasteiger partial charge in [-0.25, -0.2) is 9.99 Å². The molecule has 1 N–H and O–H groups in total. The number of hydrazone groups is 1. The van der Waals surface area contributed by atoms with E-state index in [1.165, 1.54) is 0 Å². The van der Waals surface area contributed by atoms with Gasteiger partial charge in [-0.15, -0.1) is 5.10 Å². The summed E-state index contributed by atoms with van der Waals surface area (Å²) in [5.41, 5.74) is 4.69. The maximum atomic E-state index is 12.7. The third-order valence-electron chi connectivity index (χ3n) is 3.83. The Morgan fingerprint density at radius 2 is 1.70 bits per heavy atom. The van der Waals surface area contributed by atoms with Crippen LogP contribution in [-0.4, -0.2) is 29.1 Å². The molecule has 10 heteroatoms. The number of phosphoric acid groups is 1. The number of nitrogens with zero attached hydrogens (tertiary/aromatic N) is 3. The fraction of sp³-hybridized carbons (Fsp3) is 0.250. The minimum absolute atomic E-state index is 0.140. The summed E-state index contributed by atoms with van der Waals surface area (Å²) in [4.78, 5) is 0. The van der Waals surface area contributed by atoms with Gasteiger partial charge in [0.15, 0.2) is 0 Å². The molecule has 0 saturated heterocycles. The Kier molecular flexibility index (Phi) is 7.35. The van der Waals surface area contributed by atoms with Crippen molar-refractivity contribution in [3.05, 3.63) is 60.2 Å². The number of nitrogens with one attached hydrogen (secondary N) is 1. The largest absolute Gasteiger partial charge is 0.530 e. The first-order valence-corrected chi connectivity index (χ1v) is 10.9. The van der Waals surface area contributed by atoms with Gasteiger partial charge in [-0.1, -0.05) is 35.4 Å². The molecular formula is C20H23N4O5P. The summed E-state index contributed by atoms with van der Waals surface area (Å²) in [7, 11) is -3.73. The third-order valence-corrected chi connectivity index (χ3v) is 5.40. The lowest BCUT2D eigenvalue weighted by Gasteiger charge is -2.18. The summed E-state index contributed by atoms with van der Waals surface area (Å²) in [5.74, 6) is 0.699. The van der Waals surface area contributed by atoms with Crippen molar-refractivity contribution in [3.8, 4) is 17.2 Å². The topological polar surface area (TPSA) is 108 Å². The molecule has 0 radical (unpaired) electrons. The van der Waals surface area contributed by atoms with Gasteiger partial charge in [0.05, 0.1) is 18.9 Å². The van der Waals surface area contributed by atoms with E-state index in [1.807, 2.05) is 36.4 Å². The minimum atomic E-state index is -3.73. The molecule has 30 heavy (non-hydrogen) atoms. The first-order valence-electron chi connectivity index (χ1n) is 9.42. The van der Waals surface area contributed by atoms with Crippen LogP contribution in [0, 0.1) is 0 Å². The van der Waals surface area contributed by atoms with E-state index in [2.05, 4.69) is 20.7 Å². The fourth-order valence-corrected chi connectivity index (χ4v) is 3.74. The summed E-state index contributed by atoms with van der Waals surface area (Å²) >= 11 is 0. The van der Waals surface area contributed by atoms with Gasteiger partial charge in [0.1, 0.15) is 5.75 Å². The fourth-order valence-electron chi connectivity index (χ4n) is 2.53. The van der Waals surface area contributed by atoms with Crippen LogP contribution in [0.5, 0.6) is 5.75 Å². The number of hydrogen-bond donors (Lipinski definition) is 1. The summed E-state index contributed by atoms with van der Waals surface area (Å²) in [6.45, 7) is 5.57. The zero-order chi connectivity index (χ0) is 21.4. The van der Waals surface area contributed by atoms with Crippen molar-refractivity contribution < 1.29 is 22.6 Å². The van der Waals surface area contributed by atoms with Gasteiger partial charge < -0.3 is 8.94 Å². The van der Waals surface area contributed by atoms with Crippen LogP contribution in [0.1, 0.15) is 26.3 Å². The van der Waals surface area contributed by atoms with Crippen LogP contribution in [0.15, 0.2) is 64.1 Å². The van der Waals surface area contributed by atoms with Gasteiger partial charge in [-0.2, -0.15) is 5.10 Å². The van der Waals surface area contributed by atoms with Gasteiger partial charge in [0.2, 0.25) is 5.89 Å². The average molecular weight is 430 g/mol. The summed E-state index contributed by atoms with van der Waals surface area (Å²) in [6, 6.07) is 16.6. The van der Waals surface area contributed by atoms with Crippen LogP contribution < -0.4 is 9.95 Å². The second-order valence-corrected chi connectivity index (χ2v) is 7.55. The number of rotatable bonds is 10. The predicted molar refractivity (Wildman–Crippen MR) is 113 cm³/mol. The second kappa shape index (κ2) is 10.2. The van der Waals surface area contributed by atoms with Crippen molar-refractivity contribution in [1.29, 1.82) is 0 Å². The molecule has 9 nitrogen and oxygen atoms in total. The lowest BCUT2D eigenvalue weighted by atomic mass is 10.1. The number of hydrogen-bond acceptors (Lipinski definition) is 9. The van der Waals surface area contributed by atoms with Crippen molar-refractivity contribution in [2.75, 3.05) is 18.6 Å². The molecule has 158 valence electrons. The molecule has 0 unspecified atom stereocenters. The highest BCUT2D eigenvalue weighted by molar-refractivity contribution is 7.48. The Balaban J connectivity index is 1.77. The van der Waals surface area contributed by atoms with Gasteiger partial charge >= 0.3 is 13.8 Å². The molecule has 3 aromatic rings. The number of para-hydroxylation sites is 1. The molecule has 0 atom stereocenters. The maximum Gasteiger partial charge on any atom is 0.530 e. The monoisotopic (exact) mass is 430 g/mol. The van der Waals surface area contributed by atoms with E-state index in [-0.39, 0.29) is 19.2 Å². The molecular weight excluding hydrogens is 407 g/mol. The van der Waals surface area contributed by atoms with Crippen molar-refractivity contribution >= 4 is 19.5 Å². The Morgan fingerprint density at radius 3 is 2.40 bits per heavy atom. The van der Waals surface area contributed by atoms with Crippen LogP contribution in [0.4, 0.5) is 6.01 Å². The molecule has 0 aliphatic heterocycles. The first-order chi connectivity index (χ1) is 14.5. The Bertz CT molecular complexity index is 1030. The molecule has 2 aromatic carbocycles. The van der Waals surface area contributed by atoms with Crippen LogP contribution in [0.3, 0.4) is 0 Å². The molecule has 0 aliphatic rings. The van der Waals surface area contributed by atoms with Crippen molar-refractivity contribution in [2.24, 2.45) is 5.10 Å². The predicted octanol–water partition coefficient (Wildman–Crippen LogP) is 5.13. The summed E-state index contributed by atoms with van der Waals surface area (Å²) in [5, 5.41) is 12.2. The SMILES string of the molecule is CCOP(=O)(OCC)Oc1ccccc1/C(C)=N\Nc1nnc(-c2ccccc2)o1. The number of benzene rings is 2. The van der Waals surface area contributed by atoms with Crippen LogP contribution in [-0.2, 0) is 13.6 Å². The lowest BCUT2D eigenvalue weighted by molar-refractivity contribution is 0.167. The van der Waals surface area contributed by atoms with Gasteiger partial charge in [0, 0.05) is 11.1 Å². The highest BCUT2D eigenvalue weighted by Gasteiger charge is 2.28. The highest BCUT2D eigenvalue weighted by atomic mass is 31.2. The maximum absolute atomic E-state index is 12.7. The molecule has 0 amide bonds. The molecule has 0 aliphatic carbocycles. The number of phosphoric ester groups is 1. The van der Waals surface area contributed by atoms with Crippen molar-refractivity contribution in [3.63, 3.8) is 0 Å². The second-order valence-electron chi connectivity index (χ2n) is 5.96. The van der Waals surface area contributed by atoms with Crippen LogP contribution >= 0.6 is 7.82 Å². The van der Waals surface area contributed by atoms with Crippen molar-refractivity contribution in [1.82, 2.24) is 10.2 Å². The molecule has 0 fully saturated rings. The third kappa shape index (κ3) is 5.54. The summed E-state index contributed by atoms with van der Waals surface area (Å²) < 4.78 is 34.3. The first kappa shape index (κ1) is 21.7. The quantitative estimate of drug-likeness (QED) is 0.268. The van der Waals surface area contributed by atoms with Gasteiger partial charge in [-0.3, -0.25) is 9.05 Å². The van der Waals surface area contributed by atoms with E-state index in [0.717, 1.165) is 5.56 Å². The number of aromatic nitrogens is 2. The highest BCUT2D eigenvalue weighted by Crippen LogP contribution is 2.50.